The lowest BCUT2D eigenvalue weighted by Gasteiger charge is -2.35. The Bertz CT molecular complexity index is 494. The normalized spacial score (nSPS) is 22.3. The fourth-order valence-corrected chi connectivity index (χ4v) is 4.70. The van der Waals surface area contributed by atoms with Gasteiger partial charge in [-0.15, -0.1) is 0 Å². The van der Waals surface area contributed by atoms with Gasteiger partial charge in [0.2, 0.25) is 0 Å². The van der Waals surface area contributed by atoms with Gasteiger partial charge in [-0.25, -0.2) is 0 Å². The molecule has 1 aromatic rings. The highest BCUT2D eigenvalue weighted by Crippen LogP contribution is 2.43. The predicted molar refractivity (Wildman–Crippen MR) is 92.9 cm³/mol. The molecule has 3 nitrogen and oxygen atoms in total. The van der Waals surface area contributed by atoms with Crippen LogP contribution in [-0.4, -0.2) is 24.7 Å². The van der Waals surface area contributed by atoms with E-state index in [1.54, 1.807) is 7.11 Å². The van der Waals surface area contributed by atoms with Crippen molar-refractivity contribution in [2.45, 2.75) is 56.6 Å². The van der Waals surface area contributed by atoms with Gasteiger partial charge in [0.15, 0.2) is 11.5 Å². The lowest BCUT2D eigenvalue weighted by molar-refractivity contribution is 0.182. The van der Waals surface area contributed by atoms with E-state index in [1.165, 1.54) is 30.8 Å². The van der Waals surface area contributed by atoms with E-state index in [2.05, 4.69) is 12.1 Å². The Hall–Kier alpha value is -0.870. The zero-order valence-electron chi connectivity index (χ0n) is 13.5. The summed E-state index contributed by atoms with van der Waals surface area (Å²) in [5.41, 5.74) is 7.58. The van der Waals surface area contributed by atoms with Crippen molar-refractivity contribution in [3.63, 3.8) is 0 Å². The van der Waals surface area contributed by atoms with Crippen LogP contribution in [0, 0.1) is 0 Å². The Balaban J connectivity index is 1.86. The average molecular weight is 321 g/mol. The highest BCUT2D eigenvalue weighted by molar-refractivity contribution is 7.99. The van der Waals surface area contributed by atoms with Gasteiger partial charge < -0.3 is 15.2 Å². The average Bonchev–Trinajstić information content (AvgIpc) is 2.56. The van der Waals surface area contributed by atoms with Gasteiger partial charge >= 0.3 is 0 Å². The molecule has 1 aromatic carbocycles. The first-order chi connectivity index (χ1) is 10.7. The van der Waals surface area contributed by atoms with Crippen LogP contribution in [0.1, 0.15) is 50.5 Å². The molecule has 0 aromatic heterocycles. The lowest BCUT2D eigenvalue weighted by Crippen LogP contribution is -2.39. The van der Waals surface area contributed by atoms with Gasteiger partial charge in [0.1, 0.15) is 6.10 Å². The molecule has 0 radical (unpaired) electrons. The van der Waals surface area contributed by atoms with Gasteiger partial charge in [-0.2, -0.15) is 11.8 Å². The summed E-state index contributed by atoms with van der Waals surface area (Å²) in [7, 11) is 1.73. The van der Waals surface area contributed by atoms with Crippen molar-refractivity contribution >= 4 is 11.8 Å². The summed E-state index contributed by atoms with van der Waals surface area (Å²) in [5.74, 6) is 4.10. The van der Waals surface area contributed by atoms with Crippen molar-refractivity contribution in [3.8, 4) is 11.5 Å². The molecule has 0 amide bonds. The molecule has 2 aliphatic rings. The molecule has 4 heteroatoms. The zero-order valence-corrected chi connectivity index (χ0v) is 14.3. The number of methoxy groups -OCH3 is 1. The minimum absolute atomic E-state index is 0.259. The van der Waals surface area contributed by atoms with Crippen molar-refractivity contribution in [1.29, 1.82) is 0 Å². The van der Waals surface area contributed by atoms with E-state index in [9.17, 15) is 0 Å². The summed E-state index contributed by atoms with van der Waals surface area (Å²) in [5, 5.41) is 0. The Labute approximate surface area is 137 Å². The molecule has 0 atom stereocenters. The fourth-order valence-electron chi connectivity index (χ4n) is 3.64. The number of rotatable bonds is 4. The van der Waals surface area contributed by atoms with Gasteiger partial charge in [0, 0.05) is 11.1 Å². The Morgan fingerprint density at radius 3 is 2.55 bits per heavy atom. The first-order valence-electron chi connectivity index (χ1n) is 8.44. The van der Waals surface area contributed by atoms with Gasteiger partial charge in [-0.1, -0.05) is 31.4 Å². The van der Waals surface area contributed by atoms with Gasteiger partial charge in [0.25, 0.3) is 0 Å². The fraction of sp³-hybridized carbons (Fsp3) is 0.667. The lowest BCUT2D eigenvalue weighted by atomic mass is 9.77. The number of nitrogens with two attached hydrogens (primary N) is 1. The maximum atomic E-state index is 6.72. The number of hydrogen-bond donors (Lipinski definition) is 1. The summed E-state index contributed by atoms with van der Waals surface area (Å²) >= 11 is 2.01. The van der Waals surface area contributed by atoms with Gasteiger partial charge in [0.05, 0.1) is 7.11 Å². The highest BCUT2D eigenvalue weighted by Gasteiger charge is 2.33. The van der Waals surface area contributed by atoms with E-state index in [1.807, 2.05) is 17.8 Å². The summed E-state index contributed by atoms with van der Waals surface area (Å²) < 4.78 is 12.0. The van der Waals surface area contributed by atoms with Crippen LogP contribution in [0.15, 0.2) is 18.2 Å². The van der Waals surface area contributed by atoms with Crippen molar-refractivity contribution in [2.24, 2.45) is 5.73 Å². The molecule has 0 bridgehead atoms. The van der Waals surface area contributed by atoms with Crippen LogP contribution >= 0.6 is 11.8 Å². The van der Waals surface area contributed by atoms with Gasteiger partial charge in [-0.3, -0.25) is 0 Å². The first-order valence-corrected chi connectivity index (χ1v) is 9.59. The molecule has 3 rings (SSSR count). The number of ether oxygens (including phenoxy) is 2. The van der Waals surface area contributed by atoms with Crippen LogP contribution < -0.4 is 15.2 Å². The molecule has 1 aliphatic carbocycles. The molecular formula is C18H27NO2S. The second-order valence-electron chi connectivity index (χ2n) is 6.48. The highest BCUT2D eigenvalue weighted by atomic mass is 32.2. The van der Waals surface area contributed by atoms with Crippen LogP contribution in [0.2, 0.25) is 0 Å². The standard InChI is InChI=1S/C18H27NO2S/c1-20-17-15(18(19)10-3-2-4-11-18)6-5-7-16(17)21-14-8-12-22-13-9-14/h5-7,14H,2-4,8-13,19H2,1H3. The summed E-state index contributed by atoms with van der Waals surface area (Å²) in [4.78, 5) is 0. The monoisotopic (exact) mass is 321 g/mol. The number of hydrogen-bond acceptors (Lipinski definition) is 4. The Kier molecular flexibility index (Phi) is 5.19. The van der Waals surface area contributed by atoms with E-state index in [-0.39, 0.29) is 5.54 Å². The van der Waals surface area contributed by atoms with E-state index in [4.69, 9.17) is 15.2 Å². The van der Waals surface area contributed by atoms with Crippen molar-refractivity contribution in [1.82, 2.24) is 0 Å². The summed E-state index contributed by atoms with van der Waals surface area (Å²) in [6, 6.07) is 6.21. The minimum atomic E-state index is -0.259. The quantitative estimate of drug-likeness (QED) is 0.907. The third-order valence-electron chi connectivity index (χ3n) is 4.93. The maximum absolute atomic E-state index is 6.72. The third-order valence-corrected chi connectivity index (χ3v) is 5.98. The second kappa shape index (κ2) is 7.14. The van der Waals surface area contributed by atoms with Gasteiger partial charge in [-0.05, 0) is 43.3 Å². The van der Waals surface area contributed by atoms with E-state index in [0.29, 0.717) is 6.10 Å². The number of para-hydroxylation sites is 1. The molecule has 0 unspecified atom stereocenters. The predicted octanol–water partition coefficient (Wildman–Crippen LogP) is 4.09. The van der Waals surface area contributed by atoms with Crippen molar-refractivity contribution < 1.29 is 9.47 Å². The smallest absolute Gasteiger partial charge is 0.165 e. The van der Waals surface area contributed by atoms with E-state index < -0.39 is 0 Å². The molecule has 0 spiro atoms. The molecule has 2 N–H and O–H groups in total. The van der Waals surface area contributed by atoms with Crippen molar-refractivity contribution in [2.75, 3.05) is 18.6 Å². The third kappa shape index (κ3) is 3.38. The molecule has 1 aliphatic heterocycles. The molecule has 122 valence electrons. The van der Waals surface area contributed by atoms with Crippen LogP contribution in [0.4, 0.5) is 0 Å². The van der Waals surface area contributed by atoms with Crippen LogP contribution in [0.25, 0.3) is 0 Å². The van der Waals surface area contributed by atoms with E-state index in [0.717, 1.165) is 42.7 Å². The van der Waals surface area contributed by atoms with Crippen molar-refractivity contribution in [3.05, 3.63) is 23.8 Å². The topological polar surface area (TPSA) is 44.5 Å². The Morgan fingerprint density at radius 1 is 1.14 bits per heavy atom. The van der Waals surface area contributed by atoms with Crippen LogP contribution in [0.3, 0.4) is 0 Å². The minimum Gasteiger partial charge on any atom is -0.493 e. The number of benzene rings is 1. The molecule has 22 heavy (non-hydrogen) atoms. The van der Waals surface area contributed by atoms with Crippen LogP contribution in [-0.2, 0) is 5.54 Å². The maximum Gasteiger partial charge on any atom is 0.165 e. The zero-order chi connectivity index (χ0) is 15.4. The largest absolute Gasteiger partial charge is 0.493 e. The van der Waals surface area contributed by atoms with E-state index >= 15 is 0 Å². The molecular weight excluding hydrogens is 294 g/mol. The second-order valence-corrected chi connectivity index (χ2v) is 7.71. The molecule has 2 fully saturated rings. The molecule has 1 heterocycles. The molecule has 1 saturated heterocycles. The first kappa shape index (κ1) is 16.0. The SMILES string of the molecule is COc1c(OC2CCSCC2)cccc1C1(N)CCCCC1. The number of thioether (sulfide) groups is 1. The molecule has 1 saturated carbocycles. The Morgan fingerprint density at radius 2 is 1.86 bits per heavy atom. The summed E-state index contributed by atoms with van der Waals surface area (Å²) in [6.07, 6.45) is 8.30. The van der Waals surface area contributed by atoms with Crippen LogP contribution in [0.5, 0.6) is 11.5 Å². The summed E-state index contributed by atoms with van der Waals surface area (Å²) in [6.45, 7) is 0.